The van der Waals surface area contributed by atoms with E-state index in [0.717, 1.165) is 12.1 Å². The van der Waals surface area contributed by atoms with Crippen molar-refractivity contribution >= 4 is 38.1 Å². The number of fused-ring (bicyclic) bond motifs is 2. The van der Waals surface area contributed by atoms with Gasteiger partial charge in [-0.25, -0.2) is 23.0 Å². The first-order valence-corrected chi connectivity index (χ1v) is 12.3. The number of methoxy groups -OCH3 is 1. The van der Waals surface area contributed by atoms with Gasteiger partial charge in [0.2, 0.25) is 11.8 Å². The van der Waals surface area contributed by atoms with E-state index in [1.54, 1.807) is 28.8 Å². The smallest absolute Gasteiger partial charge is 0.262 e. The van der Waals surface area contributed by atoms with Gasteiger partial charge in [0.25, 0.3) is 5.56 Å². The first-order valence-electron chi connectivity index (χ1n) is 10.6. The van der Waals surface area contributed by atoms with Crippen LogP contribution in [0.4, 0.5) is 20.4 Å². The van der Waals surface area contributed by atoms with Gasteiger partial charge in [-0.2, -0.15) is 0 Å². The number of halogens is 2. The Labute approximate surface area is 199 Å². The van der Waals surface area contributed by atoms with Crippen LogP contribution in [0.15, 0.2) is 58.4 Å². The van der Waals surface area contributed by atoms with E-state index >= 15 is 0 Å². The minimum absolute atomic E-state index is 0.105. The lowest BCUT2D eigenvalue weighted by molar-refractivity contribution is 0.400. The molecule has 0 saturated heterocycles. The number of hydrogen-bond donors (Lipinski definition) is 2. The summed E-state index contributed by atoms with van der Waals surface area (Å²) in [4.78, 5) is 21.6. The molecule has 1 aliphatic rings. The number of pyridine rings is 1. The predicted molar refractivity (Wildman–Crippen MR) is 132 cm³/mol. The Balaban J connectivity index is 1.56. The summed E-state index contributed by atoms with van der Waals surface area (Å²) in [7, 11) is -2.04. The van der Waals surface area contributed by atoms with Crippen LogP contribution in [0.5, 0.6) is 5.88 Å². The van der Waals surface area contributed by atoms with Crippen LogP contribution in [0.1, 0.15) is 6.92 Å². The van der Waals surface area contributed by atoms with Gasteiger partial charge in [-0.15, -0.1) is 0 Å². The molecule has 0 aliphatic carbocycles. The first-order chi connectivity index (χ1) is 16.7. The molecule has 5 rings (SSSR count). The van der Waals surface area contributed by atoms with Crippen molar-refractivity contribution in [1.82, 2.24) is 14.5 Å². The first kappa shape index (κ1) is 22.8. The zero-order valence-electron chi connectivity index (χ0n) is 18.8. The van der Waals surface area contributed by atoms with Crippen LogP contribution >= 0.6 is 0 Å². The average molecular weight is 498 g/mol. The van der Waals surface area contributed by atoms with E-state index < -0.39 is 21.3 Å². The van der Waals surface area contributed by atoms with Crippen molar-refractivity contribution < 1.29 is 17.7 Å². The van der Waals surface area contributed by atoms with Crippen LogP contribution in [0.25, 0.3) is 22.0 Å². The molecule has 0 spiro atoms. The molecular weight excluding hydrogens is 476 g/mol. The highest BCUT2D eigenvalue weighted by Gasteiger charge is 2.21. The second-order valence-corrected chi connectivity index (χ2v) is 10.3. The van der Waals surface area contributed by atoms with Gasteiger partial charge in [0.1, 0.15) is 17.3 Å². The zero-order valence-corrected chi connectivity index (χ0v) is 19.7. The molecule has 0 fully saturated rings. The van der Waals surface area contributed by atoms with E-state index in [0.29, 0.717) is 40.6 Å². The van der Waals surface area contributed by atoms with Crippen molar-refractivity contribution in [2.24, 2.45) is 0 Å². The maximum atomic E-state index is 14.3. The number of benzene rings is 2. The molecule has 1 aliphatic heterocycles. The topological polar surface area (TPSA) is 98.1 Å². The molecule has 35 heavy (non-hydrogen) atoms. The van der Waals surface area contributed by atoms with Crippen LogP contribution in [-0.4, -0.2) is 37.8 Å². The molecule has 180 valence electrons. The Hall–Kier alpha value is -3.99. The van der Waals surface area contributed by atoms with Crippen molar-refractivity contribution in [2.45, 2.75) is 24.4 Å². The summed E-state index contributed by atoms with van der Waals surface area (Å²) in [6.07, 6.45) is 1.54. The minimum Gasteiger partial charge on any atom is -0.480 e. The highest BCUT2D eigenvalue weighted by atomic mass is 32.2. The molecule has 2 aromatic carbocycles. The summed E-state index contributed by atoms with van der Waals surface area (Å²) in [5.41, 5.74) is 1.84. The van der Waals surface area contributed by atoms with E-state index in [-0.39, 0.29) is 28.1 Å². The van der Waals surface area contributed by atoms with Crippen molar-refractivity contribution in [3.63, 3.8) is 0 Å². The molecule has 2 N–H and O–H groups in total. The molecule has 0 amide bonds. The van der Waals surface area contributed by atoms with E-state index in [1.165, 1.54) is 13.3 Å². The highest BCUT2D eigenvalue weighted by Crippen LogP contribution is 2.32. The summed E-state index contributed by atoms with van der Waals surface area (Å²) in [6, 6.07) is 9.69. The van der Waals surface area contributed by atoms with Gasteiger partial charge < -0.3 is 14.8 Å². The van der Waals surface area contributed by atoms with Gasteiger partial charge in [0.05, 0.1) is 32.6 Å². The summed E-state index contributed by atoms with van der Waals surface area (Å²) < 4.78 is 50.4. The fraction of sp³-hybridized carbons (Fsp3) is 0.167. The van der Waals surface area contributed by atoms with Crippen LogP contribution in [-0.2, 0) is 16.3 Å². The predicted octanol–water partition coefficient (Wildman–Crippen LogP) is 3.66. The summed E-state index contributed by atoms with van der Waals surface area (Å²) in [5.74, 6) is 2.48. The number of nitrogens with one attached hydrogen (secondary N) is 2. The number of aromatic nitrogens is 3. The Morgan fingerprint density at radius 1 is 1.20 bits per heavy atom. The largest absolute Gasteiger partial charge is 0.480 e. The third-order valence-corrected chi connectivity index (χ3v) is 7.28. The monoisotopic (exact) mass is 497 g/mol. The fourth-order valence-electron chi connectivity index (χ4n) is 4.04. The van der Waals surface area contributed by atoms with E-state index in [2.05, 4.69) is 25.9 Å². The Bertz CT molecular complexity index is 1650. The highest BCUT2D eigenvalue weighted by molar-refractivity contribution is 8.01. The Morgan fingerprint density at radius 3 is 2.74 bits per heavy atom. The van der Waals surface area contributed by atoms with Crippen LogP contribution in [0.2, 0.25) is 0 Å². The number of ether oxygens (including phenoxy) is 1. The SMILES string of the molecule is C=S(=O)(Nc1cc(-c2ccc3nc4n(c(=O)c3c2)CC(C)N4)cnc1OC)c1ccc(F)cc1F. The molecule has 2 atom stereocenters. The van der Waals surface area contributed by atoms with Gasteiger partial charge in [0.15, 0.2) is 0 Å². The number of anilines is 2. The standard InChI is InChI=1S/C24H21F2N5O3S/c1-13-12-31-23(32)17-8-14(4-6-19(17)29-24(31)28-13)15-9-20(22(34-2)27-11-15)30-35(3,33)21-7-5-16(25)10-18(21)26/h4-11,13H,3,12H2,1-2H3,(H,28,29)(H,30,33). The lowest BCUT2D eigenvalue weighted by Gasteiger charge is -2.16. The number of nitrogens with zero attached hydrogens (tertiary/aromatic N) is 3. The van der Waals surface area contributed by atoms with E-state index in [9.17, 15) is 17.8 Å². The minimum atomic E-state index is -3.43. The molecule has 3 heterocycles. The second-order valence-electron chi connectivity index (χ2n) is 8.26. The quantitative estimate of drug-likeness (QED) is 0.409. The van der Waals surface area contributed by atoms with Gasteiger partial charge >= 0.3 is 0 Å². The lowest BCUT2D eigenvalue weighted by Crippen LogP contribution is -2.20. The third kappa shape index (κ3) is 4.08. The normalized spacial score (nSPS) is 16.4. The second kappa shape index (κ2) is 8.35. The number of rotatable bonds is 5. The maximum absolute atomic E-state index is 14.3. The van der Waals surface area contributed by atoms with Crippen LogP contribution in [0, 0.1) is 11.6 Å². The summed E-state index contributed by atoms with van der Waals surface area (Å²) >= 11 is 0. The maximum Gasteiger partial charge on any atom is 0.262 e. The molecule has 8 nitrogen and oxygen atoms in total. The van der Waals surface area contributed by atoms with Crippen LogP contribution in [0.3, 0.4) is 0 Å². The molecule has 0 radical (unpaired) electrons. The third-order valence-electron chi connectivity index (χ3n) is 5.69. The van der Waals surface area contributed by atoms with E-state index in [4.69, 9.17) is 4.74 Å². The molecule has 0 bridgehead atoms. The fourth-order valence-corrected chi connectivity index (χ4v) is 5.31. The van der Waals surface area contributed by atoms with Gasteiger partial charge in [-0.1, -0.05) is 6.07 Å². The number of hydrogen-bond acceptors (Lipinski definition) is 6. The van der Waals surface area contributed by atoms with Gasteiger partial charge in [-0.05, 0) is 48.7 Å². The molecular formula is C24H21F2N5O3S. The summed E-state index contributed by atoms with van der Waals surface area (Å²) in [5, 5.41) is 3.62. The molecule has 4 aromatic rings. The Kier molecular flexibility index (Phi) is 5.43. The lowest BCUT2D eigenvalue weighted by atomic mass is 10.1. The van der Waals surface area contributed by atoms with Crippen molar-refractivity contribution in [3.8, 4) is 17.0 Å². The van der Waals surface area contributed by atoms with Gasteiger partial charge in [-0.3, -0.25) is 9.36 Å². The zero-order chi connectivity index (χ0) is 24.9. The Morgan fingerprint density at radius 2 is 2.00 bits per heavy atom. The van der Waals surface area contributed by atoms with Crippen molar-refractivity contribution in [2.75, 3.05) is 17.1 Å². The van der Waals surface area contributed by atoms with Crippen molar-refractivity contribution in [3.05, 3.63) is 70.6 Å². The average Bonchev–Trinajstić information content (AvgIpc) is 3.19. The molecule has 0 saturated carbocycles. The van der Waals surface area contributed by atoms with Crippen LogP contribution < -0.4 is 20.3 Å². The van der Waals surface area contributed by atoms with Gasteiger partial charge in [0, 0.05) is 30.4 Å². The molecule has 2 unspecified atom stereocenters. The summed E-state index contributed by atoms with van der Waals surface area (Å²) in [6.45, 7) is 2.50. The molecule has 2 aromatic heterocycles. The van der Waals surface area contributed by atoms with E-state index in [1.807, 2.05) is 6.92 Å². The van der Waals surface area contributed by atoms with Crippen molar-refractivity contribution in [1.29, 1.82) is 0 Å². The molecule has 11 heteroatoms.